The van der Waals surface area contributed by atoms with E-state index in [1.54, 1.807) is 0 Å². The number of hydrogen-bond donors (Lipinski definition) is 0. The first-order chi connectivity index (χ1) is 9.70. The summed E-state index contributed by atoms with van der Waals surface area (Å²) in [7, 11) is 0. The van der Waals surface area contributed by atoms with Gasteiger partial charge >= 0.3 is 0 Å². The van der Waals surface area contributed by atoms with Gasteiger partial charge in [0.05, 0.1) is 12.1 Å². The highest BCUT2D eigenvalue weighted by Crippen LogP contribution is 2.28. The maximum absolute atomic E-state index is 5.93. The zero-order chi connectivity index (χ0) is 14.1. The van der Waals surface area contributed by atoms with Gasteiger partial charge in [-0.25, -0.2) is 9.97 Å². The fourth-order valence-corrected chi connectivity index (χ4v) is 3.12. The number of hydrogen-bond acceptors (Lipinski definition) is 3. The molecule has 1 saturated heterocycles. The lowest BCUT2D eigenvalue weighted by molar-refractivity contribution is 0.0735. The number of nitrogens with zero attached hydrogens (tertiary/aromatic N) is 3. The molecule has 1 aliphatic heterocycles. The van der Waals surface area contributed by atoms with Crippen LogP contribution in [0, 0.1) is 6.92 Å². The van der Waals surface area contributed by atoms with Crippen LogP contribution < -0.4 is 0 Å². The summed E-state index contributed by atoms with van der Waals surface area (Å²) in [5.41, 5.74) is 2.91. The Bertz CT molecular complexity index is 604. The van der Waals surface area contributed by atoms with Crippen LogP contribution in [0.4, 0.5) is 0 Å². The summed E-state index contributed by atoms with van der Waals surface area (Å²) in [4.78, 5) is 9.37. The van der Waals surface area contributed by atoms with Crippen LogP contribution in [0.1, 0.15) is 37.3 Å². The standard InChI is InChI=1S/C15H20ClN3O/c1-10-5-6-12-15(17-10)19(14(18-12)7-8-16)11(2)13-4-3-9-20-13/h5-6,11,13H,3-4,7-9H2,1-2H3. The third kappa shape index (κ3) is 2.42. The van der Waals surface area contributed by atoms with Crippen molar-refractivity contribution >= 4 is 22.8 Å². The average molecular weight is 294 g/mol. The first kappa shape index (κ1) is 13.8. The van der Waals surface area contributed by atoms with Gasteiger partial charge in [0.25, 0.3) is 0 Å². The smallest absolute Gasteiger partial charge is 0.160 e. The van der Waals surface area contributed by atoms with Gasteiger partial charge in [-0.2, -0.15) is 0 Å². The third-order valence-corrected chi connectivity index (χ3v) is 4.17. The van der Waals surface area contributed by atoms with Gasteiger partial charge in [-0.05, 0) is 38.8 Å². The van der Waals surface area contributed by atoms with E-state index in [2.05, 4.69) is 16.5 Å². The summed E-state index contributed by atoms with van der Waals surface area (Å²) in [6.07, 6.45) is 3.25. The molecule has 0 spiro atoms. The Balaban J connectivity index is 2.09. The first-order valence-corrected chi connectivity index (χ1v) is 7.76. The van der Waals surface area contributed by atoms with E-state index in [0.29, 0.717) is 5.88 Å². The molecule has 0 aromatic carbocycles. The van der Waals surface area contributed by atoms with Crippen molar-refractivity contribution in [3.05, 3.63) is 23.7 Å². The SMILES string of the molecule is Cc1ccc2nc(CCCl)n(C(C)C3CCCO3)c2n1. The lowest BCUT2D eigenvalue weighted by atomic mass is 10.1. The van der Waals surface area contributed by atoms with Crippen LogP contribution >= 0.6 is 11.6 Å². The molecule has 0 bridgehead atoms. The molecule has 0 radical (unpaired) electrons. The molecule has 0 aliphatic carbocycles. The highest BCUT2D eigenvalue weighted by molar-refractivity contribution is 6.17. The number of pyridine rings is 1. The number of aryl methyl sites for hydroxylation is 2. The second kappa shape index (κ2) is 5.70. The lowest BCUT2D eigenvalue weighted by Crippen LogP contribution is -2.23. The van der Waals surface area contributed by atoms with Crippen LogP contribution in [0.25, 0.3) is 11.2 Å². The Morgan fingerprint density at radius 3 is 3.00 bits per heavy atom. The fourth-order valence-electron chi connectivity index (χ4n) is 2.95. The maximum atomic E-state index is 5.93. The summed E-state index contributed by atoms with van der Waals surface area (Å²) < 4.78 is 8.06. The molecule has 4 nitrogen and oxygen atoms in total. The van der Waals surface area contributed by atoms with Crippen LogP contribution in [0.15, 0.2) is 12.1 Å². The normalized spacial score (nSPS) is 20.6. The molecule has 3 heterocycles. The zero-order valence-corrected chi connectivity index (χ0v) is 12.7. The summed E-state index contributed by atoms with van der Waals surface area (Å²) in [6, 6.07) is 4.28. The van der Waals surface area contributed by atoms with Gasteiger partial charge in [-0.1, -0.05) is 0 Å². The molecule has 1 fully saturated rings. The molecule has 1 aliphatic rings. The van der Waals surface area contributed by atoms with Crippen molar-refractivity contribution in [1.82, 2.24) is 14.5 Å². The minimum atomic E-state index is 0.245. The summed E-state index contributed by atoms with van der Waals surface area (Å²) >= 11 is 5.93. The monoisotopic (exact) mass is 293 g/mol. The largest absolute Gasteiger partial charge is 0.376 e. The van der Waals surface area contributed by atoms with Gasteiger partial charge in [-0.15, -0.1) is 11.6 Å². The van der Waals surface area contributed by atoms with Crippen molar-refractivity contribution in [3.63, 3.8) is 0 Å². The quantitative estimate of drug-likeness (QED) is 0.812. The van der Waals surface area contributed by atoms with Crippen LogP contribution in [0.2, 0.25) is 0 Å². The van der Waals surface area contributed by atoms with Crippen LogP contribution in [0.3, 0.4) is 0 Å². The van der Waals surface area contributed by atoms with E-state index in [1.807, 2.05) is 19.1 Å². The highest BCUT2D eigenvalue weighted by Gasteiger charge is 2.27. The number of ether oxygens (including phenoxy) is 1. The Morgan fingerprint density at radius 1 is 1.45 bits per heavy atom. The van der Waals surface area contributed by atoms with Crippen LogP contribution in [-0.4, -0.2) is 33.1 Å². The molecule has 108 valence electrons. The second-order valence-corrected chi connectivity index (χ2v) is 5.80. The summed E-state index contributed by atoms with van der Waals surface area (Å²) in [6.45, 7) is 5.06. The van der Waals surface area contributed by atoms with Gasteiger partial charge in [0.2, 0.25) is 0 Å². The average Bonchev–Trinajstić information content (AvgIpc) is 3.05. The van der Waals surface area contributed by atoms with E-state index in [1.165, 1.54) is 0 Å². The first-order valence-electron chi connectivity index (χ1n) is 7.22. The molecular formula is C15H20ClN3O. The Morgan fingerprint density at radius 2 is 2.30 bits per heavy atom. The molecule has 2 unspecified atom stereocenters. The summed E-state index contributed by atoms with van der Waals surface area (Å²) in [5.74, 6) is 1.58. The molecule has 0 amide bonds. The van der Waals surface area contributed by atoms with Crippen molar-refractivity contribution in [1.29, 1.82) is 0 Å². The van der Waals surface area contributed by atoms with Crippen molar-refractivity contribution in [2.24, 2.45) is 0 Å². The van der Waals surface area contributed by atoms with E-state index in [4.69, 9.17) is 21.3 Å². The molecule has 20 heavy (non-hydrogen) atoms. The molecule has 5 heteroatoms. The minimum Gasteiger partial charge on any atom is -0.376 e. The molecular weight excluding hydrogens is 274 g/mol. The van der Waals surface area contributed by atoms with Gasteiger partial charge in [0, 0.05) is 24.6 Å². The van der Waals surface area contributed by atoms with E-state index >= 15 is 0 Å². The molecule has 0 saturated carbocycles. The van der Waals surface area contributed by atoms with Crippen molar-refractivity contribution in [3.8, 4) is 0 Å². The van der Waals surface area contributed by atoms with Gasteiger partial charge in [0.15, 0.2) is 5.65 Å². The third-order valence-electron chi connectivity index (χ3n) is 3.98. The van der Waals surface area contributed by atoms with E-state index in [-0.39, 0.29) is 12.1 Å². The number of imidazole rings is 1. The molecule has 0 N–H and O–H groups in total. The predicted molar refractivity (Wildman–Crippen MR) is 80.4 cm³/mol. The van der Waals surface area contributed by atoms with Crippen LogP contribution in [-0.2, 0) is 11.2 Å². The van der Waals surface area contributed by atoms with Gasteiger partial charge < -0.3 is 9.30 Å². The fraction of sp³-hybridized carbons (Fsp3) is 0.600. The van der Waals surface area contributed by atoms with E-state index < -0.39 is 0 Å². The number of aromatic nitrogens is 3. The number of halogens is 1. The van der Waals surface area contributed by atoms with Crippen LogP contribution in [0.5, 0.6) is 0 Å². The Hall–Kier alpha value is -1.13. The van der Waals surface area contributed by atoms with Gasteiger partial charge in [-0.3, -0.25) is 0 Å². The molecule has 2 aromatic heterocycles. The molecule has 2 atom stereocenters. The maximum Gasteiger partial charge on any atom is 0.160 e. The van der Waals surface area contributed by atoms with Crippen molar-refractivity contribution < 1.29 is 4.74 Å². The Labute approximate surface area is 124 Å². The lowest BCUT2D eigenvalue weighted by Gasteiger charge is -2.22. The number of rotatable bonds is 4. The second-order valence-electron chi connectivity index (χ2n) is 5.42. The Kier molecular flexibility index (Phi) is 3.94. The predicted octanol–water partition coefficient (Wildman–Crippen LogP) is 3.26. The molecule has 2 aromatic rings. The van der Waals surface area contributed by atoms with E-state index in [0.717, 1.165) is 48.6 Å². The number of fused-ring (bicyclic) bond motifs is 1. The van der Waals surface area contributed by atoms with Crippen molar-refractivity contribution in [2.45, 2.75) is 45.3 Å². The number of alkyl halides is 1. The van der Waals surface area contributed by atoms with E-state index in [9.17, 15) is 0 Å². The highest BCUT2D eigenvalue weighted by atomic mass is 35.5. The minimum absolute atomic E-state index is 0.245. The van der Waals surface area contributed by atoms with Gasteiger partial charge in [0.1, 0.15) is 11.3 Å². The van der Waals surface area contributed by atoms with Crippen molar-refractivity contribution in [2.75, 3.05) is 12.5 Å². The summed E-state index contributed by atoms with van der Waals surface area (Å²) in [5, 5.41) is 0. The topological polar surface area (TPSA) is 39.9 Å². The zero-order valence-electron chi connectivity index (χ0n) is 12.0. The molecule has 3 rings (SSSR count).